The molecular formula is C17H16BrNO. The fourth-order valence-electron chi connectivity index (χ4n) is 1.82. The van der Waals surface area contributed by atoms with Crippen LogP contribution in [0.25, 0.3) is 0 Å². The Morgan fingerprint density at radius 1 is 1.15 bits per heavy atom. The summed E-state index contributed by atoms with van der Waals surface area (Å²) in [5, 5.41) is 3.22. The van der Waals surface area contributed by atoms with Crippen molar-refractivity contribution < 1.29 is 4.79 Å². The van der Waals surface area contributed by atoms with E-state index in [9.17, 15) is 4.79 Å². The van der Waals surface area contributed by atoms with Crippen LogP contribution >= 0.6 is 15.9 Å². The number of hydrogen-bond donors (Lipinski definition) is 1. The molecule has 0 radical (unpaired) electrons. The highest BCUT2D eigenvalue weighted by atomic mass is 79.9. The fraction of sp³-hybridized carbons (Fsp3) is 0.118. The third-order valence-electron chi connectivity index (χ3n) is 2.92. The zero-order valence-corrected chi connectivity index (χ0v) is 13.1. The first-order valence-electron chi connectivity index (χ1n) is 6.37. The molecule has 0 heterocycles. The van der Waals surface area contributed by atoms with Gasteiger partial charge < -0.3 is 5.32 Å². The minimum absolute atomic E-state index is 0.00165. The van der Waals surface area contributed by atoms with Crippen LogP contribution in [0.15, 0.2) is 64.8 Å². The largest absolute Gasteiger partial charge is 0.359 e. The van der Waals surface area contributed by atoms with Crippen molar-refractivity contribution in [3.8, 4) is 0 Å². The van der Waals surface area contributed by atoms with Gasteiger partial charge in [-0.05, 0) is 31.5 Å². The van der Waals surface area contributed by atoms with E-state index in [1.165, 1.54) is 5.56 Å². The van der Waals surface area contributed by atoms with Gasteiger partial charge in [0, 0.05) is 27.5 Å². The molecule has 2 aromatic rings. The van der Waals surface area contributed by atoms with E-state index in [0.717, 1.165) is 15.9 Å². The normalized spacial score (nSPS) is 11.2. The molecule has 0 aliphatic rings. The molecule has 2 aromatic carbocycles. The van der Waals surface area contributed by atoms with Crippen molar-refractivity contribution in [3.05, 3.63) is 75.9 Å². The van der Waals surface area contributed by atoms with Gasteiger partial charge in [-0.2, -0.15) is 0 Å². The minimum atomic E-state index is 0.00165. The number of allylic oxidation sites excluding steroid dienone is 2. The van der Waals surface area contributed by atoms with Gasteiger partial charge in [0.25, 0.3) is 0 Å². The van der Waals surface area contributed by atoms with Gasteiger partial charge in [-0.1, -0.05) is 52.3 Å². The van der Waals surface area contributed by atoms with E-state index >= 15 is 0 Å². The Morgan fingerprint density at radius 2 is 1.85 bits per heavy atom. The summed E-state index contributed by atoms with van der Waals surface area (Å²) < 4.78 is 1.05. The maximum Gasteiger partial charge on any atom is 0.187 e. The summed E-state index contributed by atoms with van der Waals surface area (Å²) >= 11 is 3.50. The van der Waals surface area contributed by atoms with Gasteiger partial charge in [0.2, 0.25) is 0 Å². The van der Waals surface area contributed by atoms with Crippen LogP contribution < -0.4 is 5.32 Å². The molecule has 20 heavy (non-hydrogen) atoms. The van der Waals surface area contributed by atoms with E-state index in [1.54, 1.807) is 6.08 Å². The lowest BCUT2D eigenvalue weighted by Gasteiger charge is -2.08. The SMILES string of the molecule is C/C(=C\C(=O)c1ccccc1)Nc1ccc(C)c(Br)c1. The number of carbonyl (C=O) groups is 1. The Kier molecular flexibility index (Phi) is 4.74. The summed E-state index contributed by atoms with van der Waals surface area (Å²) in [6.07, 6.45) is 1.61. The van der Waals surface area contributed by atoms with E-state index in [1.807, 2.05) is 62.4 Å². The number of hydrogen-bond acceptors (Lipinski definition) is 2. The average Bonchev–Trinajstić information content (AvgIpc) is 2.44. The first kappa shape index (κ1) is 14.5. The van der Waals surface area contributed by atoms with Crippen LogP contribution in [0.1, 0.15) is 22.8 Å². The van der Waals surface area contributed by atoms with Gasteiger partial charge in [0.1, 0.15) is 0 Å². The van der Waals surface area contributed by atoms with Gasteiger partial charge in [-0.15, -0.1) is 0 Å². The maximum atomic E-state index is 12.0. The highest BCUT2D eigenvalue weighted by Crippen LogP contribution is 2.21. The van der Waals surface area contributed by atoms with Crippen LogP contribution in [0.2, 0.25) is 0 Å². The molecule has 0 spiro atoms. The van der Waals surface area contributed by atoms with E-state index in [2.05, 4.69) is 21.2 Å². The van der Waals surface area contributed by atoms with Crippen molar-refractivity contribution in [2.45, 2.75) is 13.8 Å². The number of anilines is 1. The monoisotopic (exact) mass is 329 g/mol. The molecule has 0 fully saturated rings. The number of carbonyl (C=O) groups excluding carboxylic acids is 1. The second-order valence-corrected chi connectivity index (χ2v) is 5.50. The Morgan fingerprint density at radius 3 is 2.50 bits per heavy atom. The molecule has 102 valence electrons. The lowest BCUT2D eigenvalue weighted by Crippen LogP contribution is -2.01. The first-order valence-corrected chi connectivity index (χ1v) is 7.16. The Balaban J connectivity index is 2.11. The third kappa shape index (κ3) is 3.81. The molecule has 0 saturated carbocycles. The zero-order valence-electron chi connectivity index (χ0n) is 11.5. The van der Waals surface area contributed by atoms with Crippen LogP contribution in [0, 0.1) is 6.92 Å². The molecule has 0 amide bonds. The molecule has 3 heteroatoms. The number of rotatable bonds is 4. The van der Waals surface area contributed by atoms with Crippen LogP contribution in [-0.2, 0) is 0 Å². The van der Waals surface area contributed by atoms with E-state index < -0.39 is 0 Å². The summed E-state index contributed by atoms with van der Waals surface area (Å²) in [5.74, 6) is 0.00165. The quantitative estimate of drug-likeness (QED) is 0.634. The Labute approximate surface area is 127 Å². The van der Waals surface area contributed by atoms with Gasteiger partial charge in [0.15, 0.2) is 5.78 Å². The summed E-state index contributed by atoms with van der Waals surface area (Å²) in [6.45, 7) is 3.92. The lowest BCUT2D eigenvalue weighted by atomic mass is 10.1. The molecular weight excluding hydrogens is 314 g/mol. The van der Waals surface area contributed by atoms with Gasteiger partial charge in [0.05, 0.1) is 0 Å². The standard InChI is InChI=1S/C17H16BrNO/c1-12-8-9-15(11-16(12)18)19-13(2)10-17(20)14-6-4-3-5-7-14/h3-11,19H,1-2H3/b13-10+. The Bertz CT molecular complexity index is 647. The number of aryl methyl sites for hydroxylation is 1. The molecule has 0 atom stereocenters. The highest BCUT2D eigenvalue weighted by Gasteiger charge is 2.03. The smallest absolute Gasteiger partial charge is 0.187 e. The summed E-state index contributed by atoms with van der Waals surface area (Å²) in [7, 11) is 0. The molecule has 1 N–H and O–H groups in total. The molecule has 2 rings (SSSR count). The number of ketones is 1. The average molecular weight is 330 g/mol. The number of nitrogens with one attached hydrogen (secondary N) is 1. The molecule has 2 nitrogen and oxygen atoms in total. The minimum Gasteiger partial charge on any atom is -0.359 e. The predicted molar refractivity (Wildman–Crippen MR) is 87.0 cm³/mol. The second kappa shape index (κ2) is 6.53. The molecule has 0 bridgehead atoms. The summed E-state index contributed by atoms with van der Waals surface area (Å²) in [6, 6.07) is 15.3. The first-order chi connectivity index (χ1) is 9.56. The molecule has 0 saturated heterocycles. The predicted octanol–water partition coefficient (Wildman–Crippen LogP) is 4.96. The highest BCUT2D eigenvalue weighted by molar-refractivity contribution is 9.10. The zero-order chi connectivity index (χ0) is 14.5. The Hall–Kier alpha value is -1.87. The van der Waals surface area contributed by atoms with E-state index in [4.69, 9.17) is 0 Å². The van der Waals surface area contributed by atoms with Crippen molar-refractivity contribution in [3.63, 3.8) is 0 Å². The molecule has 0 aliphatic heterocycles. The topological polar surface area (TPSA) is 29.1 Å². The van der Waals surface area contributed by atoms with Crippen molar-refractivity contribution in [1.29, 1.82) is 0 Å². The maximum absolute atomic E-state index is 12.0. The molecule has 0 aromatic heterocycles. The van der Waals surface area contributed by atoms with Crippen molar-refractivity contribution in [1.82, 2.24) is 0 Å². The van der Waals surface area contributed by atoms with Crippen molar-refractivity contribution in [2.24, 2.45) is 0 Å². The molecule has 0 aliphatic carbocycles. The number of halogens is 1. The fourth-order valence-corrected chi connectivity index (χ4v) is 2.20. The van der Waals surface area contributed by atoms with Crippen LogP contribution in [0.4, 0.5) is 5.69 Å². The van der Waals surface area contributed by atoms with E-state index in [-0.39, 0.29) is 5.78 Å². The lowest BCUT2D eigenvalue weighted by molar-refractivity contribution is 0.104. The van der Waals surface area contributed by atoms with Gasteiger partial charge in [-0.25, -0.2) is 0 Å². The van der Waals surface area contributed by atoms with Crippen molar-refractivity contribution in [2.75, 3.05) is 5.32 Å². The molecule has 0 unspecified atom stereocenters. The van der Waals surface area contributed by atoms with Gasteiger partial charge in [-0.3, -0.25) is 4.79 Å². The van der Waals surface area contributed by atoms with Gasteiger partial charge >= 0.3 is 0 Å². The van der Waals surface area contributed by atoms with Crippen LogP contribution in [-0.4, -0.2) is 5.78 Å². The summed E-state index contributed by atoms with van der Waals surface area (Å²) in [5.41, 5.74) is 3.64. The van der Waals surface area contributed by atoms with Crippen LogP contribution in [0.3, 0.4) is 0 Å². The van der Waals surface area contributed by atoms with Crippen LogP contribution in [0.5, 0.6) is 0 Å². The van der Waals surface area contributed by atoms with Crippen molar-refractivity contribution >= 4 is 27.4 Å². The van der Waals surface area contributed by atoms with E-state index in [0.29, 0.717) is 5.56 Å². The third-order valence-corrected chi connectivity index (χ3v) is 3.77. The summed E-state index contributed by atoms with van der Waals surface area (Å²) in [4.78, 5) is 12.0. The second-order valence-electron chi connectivity index (χ2n) is 4.65. The number of benzene rings is 2.